The number of amides is 1. The van der Waals surface area contributed by atoms with E-state index < -0.39 is 0 Å². The molecule has 2 aliphatic rings. The Morgan fingerprint density at radius 3 is 2.80 bits per heavy atom. The summed E-state index contributed by atoms with van der Waals surface area (Å²) in [5, 5.41) is 0. The third-order valence-corrected chi connectivity index (χ3v) is 5.69. The van der Waals surface area contributed by atoms with Crippen molar-refractivity contribution in [1.82, 2.24) is 19.8 Å². The third-order valence-electron chi connectivity index (χ3n) is 5.69. The van der Waals surface area contributed by atoms with E-state index in [1.165, 1.54) is 45.2 Å². The lowest BCUT2D eigenvalue weighted by atomic mass is 9.96. The summed E-state index contributed by atoms with van der Waals surface area (Å²) < 4.78 is 0. The predicted octanol–water partition coefficient (Wildman–Crippen LogP) is 3.29. The summed E-state index contributed by atoms with van der Waals surface area (Å²) in [6.45, 7) is 5.41. The Kier molecular flexibility index (Phi) is 5.02. The van der Waals surface area contributed by atoms with Crippen molar-refractivity contribution >= 4 is 16.9 Å². The molecule has 2 aromatic rings. The number of rotatable bonds is 3. The van der Waals surface area contributed by atoms with Crippen LogP contribution in [0.15, 0.2) is 24.5 Å². The first kappa shape index (κ1) is 16.6. The van der Waals surface area contributed by atoms with Crippen molar-refractivity contribution in [2.45, 2.75) is 38.5 Å². The number of likely N-dealkylation sites (tertiary alicyclic amines) is 2. The Morgan fingerprint density at radius 2 is 1.96 bits per heavy atom. The molecule has 1 aromatic carbocycles. The number of aromatic amines is 1. The van der Waals surface area contributed by atoms with Crippen molar-refractivity contribution < 1.29 is 4.79 Å². The standard InChI is InChI=1S/C20H28N4O/c25-20(17-7-8-18-19(12-17)22-15-21-18)24-11-5-6-16(14-24)13-23-9-3-1-2-4-10-23/h7-8,12,15-16H,1-6,9-11,13-14H2,(H,21,22)/t16-/m1/s1. The Labute approximate surface area is 149 Å². The molecule has 5 heteroatoms. The van der Waals surface area contributed by atoms with Crippen molar-refractivity contribution in [2.75, 3.05) is 32.7 Å². The average molecular weight is 340 g/mol. The van der Waals surface area contributed by atoms with E-state index in [1.807, 2.05) is 18.2 Å². The van der Waals surface area contributed by atoms with Gasteiger partial charge in [-0.1, -0.05) is 12.8 Å². The van der Waals surface area contributed by atoms with E-state index in [9.17, 15) is 4.79 Å². The number of imidazole rings is 1. The minimum atomic E-state index is 0.164. The molecule has 2 saturated heterocycles. The number of carbonyl (C=O) groups excluding carboxylic acids is 1. The van der Waals surface area contributed by atoms with Crippen LogP contribution in [0.4, 0.5) is 0 Å². The van der Waals surface area contributed by atoms with Crippen LogP contribution in [0.5, 0.6) is 0 Å². The lowest BCUT2D eigenvalue weighted by Gasteiger charge is -2.35. The molecule has 4 rings (SSSR count). The van der Waals surface area contributed by atoms with Gasteiger partial charge in [-0.15, -0.1) is 0 Å². The molecule has 0 radical (unpaired) electrons. The van der Waals surface area contributed by atoms with Crippen LogP contribution in [0.3, 0.4) is 0 Å². The SMILES string of the molecule is O=C(c1ccc2nc[nH]c2c1)N1CCC[C@H](CN2CCCCCC2)C1. The van der Waals surface area contributed by atoms with Gasteiger partial charge in [0.1, 0.15) is 0 Å². The molecular formula is C20H28N4O. The van der Waals surface area contributed by atoms with Gasteiger partial charge in [0.15, 0.2) is 0 Å². The second-order valence-corrected chi connectivity index (χ2v) is 7.61. The van der Waals surface area contributed by atoms with Crippen LogP contribution >= 0.6 is 0 Å². The van der Waals surface area contributed by atoms with E-state index >= 15 is 0 Å². The fourth-order valence-corrected chi connectivity index (χ4v) is 4.33. The van der Waals surface area contributed by atoms with E-state index in [4.69, 9.17) is 0 Å². The van der Waals surface area contributed by atoms with Crippen molar-refractivity contribution in [2.24, 2.45) is 5.92 Å². The lowest BCUT2D eigenvalue weighted by molar-refractivity contribution is 0.0641. The number of hydrogen-bond acceptors (Lipinski definition) is 3. The lowest BCUT2D eigenvalue weighted by Crippen LogP contribution is -2.44. The highest BCUT2D eigenvalue weighted by atomic mass is 16.2. The minimum Gasteiger partial charge on any atom is -0.345 e. The molecule has 0 unspecified atom stereocenters. The number of benzene rings is 1. The average Bonchev–Trinajstić information content (AvgIpc) is 2.97. The van der Waals surface area contributed by atoms with Gasteiger partial charge in [-0.3, -0.25) is 4.79 Å². The maximum Gasteiger partial charge on any atom is 0.253 e. The molecule has 5 nitrogen and oxygen atoms in total. The second-order valence-electron chi connectivity index (χ2n) is 7.61. The summed E-state index contributed by atoms with van der Waals surface area (Å²) in [6, 6.07) is 5.77. The van der Waals surface area contributed by atoms with Crippen molar-refractivity contribution in [3.8, 4) is 0 Å². The molecule has 0 spiro atoms. The summed E-state index contributed by atoms with van der Waals surface area (Å²) in [4.78, 5) is 25.0. The molecule has 3 heterocycles. The zero-order chi connectivity index (χ0) is 17.1. The maximum atomic E-state index is 12.9. The Hall–Kier alpha value is -1.88. The summed E-state index contributed by atoms with van der Waals surface area (Å²) in [7, 11) is 0. The summed E-state index contributed by atoms with van der Waals surface area (Å²) in [5.74, 6) is 0.781. The van der Waals surface area contributed by atoms with E-state index in [0.29, 0.717) is 5.92 Å². The van der Waals surface area contributed by atoms with Gasteiger partial charge in [-0.05, 0) is 62.9 Å². The topological polar surface area (TPSA) is 52.2 Å². The highest BCUT2D eigenvalue weighted by Gasteiger charge is 2.26. The van der Waals surface area contributed by atoms with Crippen LogP contribution in [0.25, 0.3) is 11.0 Å². The molecule has 1 amide bonds. The number of piperidine rings is 1. The highest BCUT2D eigenvalue weighted by molar-refractivity contribution is 5.97. The number of fused-ring (bicyclic) bond motifs is 1. The Balaban J connectivity index is 1.40. The summed E-state index contributed by atoms with van der Waals surface area (Å²) in [6.07, 6.45) is 9.47. The molecule has 134 valence electrons. The van der Waals surface area contributed by atoms with Gasteiger partial charge < -0.3 is 14.8 Å². The molecule has 2 fully saturated rings. The van der Waals surface area contributed by atoms with Crippen molar-refractivity contribution in [3.63, 3.8) is 0 Å². The summed E-state index contributed by atoms with van der Waals surface area (Å²) >= 11 is 0. The van der Waals surface area contributed by atoms with Crippen LogP contribution in [0.2, 0.25) is 0 Å². The first-order valence-corrected chi connectivity index (χ1v) is 9.74. The molecular weight excluding hydrogens is 312 g/mol. The number of hydrogen-bond donors (Lipinski definition) is 1. The minimum absolute atomic E-state index is 0.164. The van der Waals surface area contributed by atoms with E-state index in [1.54, 1.807) is 6.33 Å². The third kappa shape index (κ3) is 3.87. The number of nitrogens with zero attached hydrogens (tertiary/aromatic N) is 3. The van der Waals surface area contributed by atoms with Gasteiger partial charge in [0, 0.05) is 25.2 Å². The maximum absolute atomic E-state index is 12.9. The first-order valence-electron chi connectivity index (χ1n) is 9.74. The summed E-state index contributed by atoms with van der Waals surface area (Å²) in [5.41, 5.74) is 2.62. The Morgan fingerprint density at radius 1 is 1.12 bits per heavy atom. The fraction of sp³-hybridized carbons (Fsp3) is 0.600. The van der Waals surface area contributed by atoms with Gasteiger partial charge >= 0.3 is 0 Å². The van der Waals surface area contributed by atoms with Gasteiger partial charge in [-0.2, -0.15) is 0 Å². The molecule has 1 atom stereocenters. The molecule has 0 aliphatic carbocycles. The van der Waals surface area contributed by atoms with Crippen LogP contribution in [0.1, 0.15) is 48.9 Å². The number of aromatic nitrogens is 2. The largest absolute Gasteiger partial charge is 0.345 e. The monoisotopic (exact) mass is 340 g/mol. The fourth-order valence-electron chi connectivity index (χ4n) is 4.33. The van der Waals surface area contributed by atoms with E-state index in [0.717, 1.165) is 42.7 Å². The quantitative estimate of drug-likeness (QED) is 0.933. The molecule has 25 heavy (non-hydrogen) atoms. The predicted molar refractivity (Wildman–Crippen MR) is 99.6 cm³/mol. The van der Waals surface area contributed by atoms with Gasteiger partial charge in [0.25, 0.3) is 5.91 Å². The number of carbonyl (C=O) groups is 1. The normalized spacial score (nSPS) is 22.9. The number of nitrogens with one attached hydrogen (secondary N) is 1. The Bertz CT molecular complexity index is 717. The first-order chi connectivity index (χ1) is 12.3. The van der Waals surface area contributed by atoms with Crippen LogP contribution in [0, 0.1) is 5.92 Å². The smallest absolute Gasteiger partial charge is 0.253 e. The molecule has 1 N–H and O–H groups in total. The van der Waals surface area contributed by atoms with E-state index in [2.05, 4.69) is 19.8 Å². The zero-order valence-electron chi connectivity index (χ0n) is 14.9. The molecule has 0 bridgehead atoms. The molecule has 0 saturated carbocycles. The van der Waals surface area contributed by atoms with Crippen LogP contribution in [-0.2, 0) is 0 Å². The van der Waals surface area contributed by atoms with Crippen molar-refractivity contribution in [1.29, 1.82) is 0 Å². The zero-order valence-corrected chi connectivity index (χ0v) is 14.9. The van der Waals surface area contributed by atoms with Crippen LogP contribution in [-0.4, -0.2) is 58.4 Å². The van der Waals surface area contributed by atoms with Crippen LogP contribution < -0.4 is 0 Å². The van der Waals surface area contributed by atoms with Crippen molar-refractivity contribution in [3.05, 3.63) is 30.1 Å². The van der Waals surface area contributed by atoms with Gasteiger partial charge in [-0.25, -0.2) is 4.98 Å². The van der Waals surface area contributed by atoms with Gasteiger partial charge in [0.05, 0.1) is 17.4 Å². The molecule has 2 aliphatic heterocycles. The second kappa shape index (κ2) is 7.56. The highest BCUT2D eigenvalue weighted by Crippen LogP contribution is 2.22. The van der Waals surface area contributed by atoms with Gasteiger partial charge in [0.2, 0.25) is 0 Å². The number of H-pyrrole nitrogens is 1. The van der Waals surface area contributed by atoms with E-state index in [-0.39, 0.29) is 5.91 Å². The molecule has 1 aromatic heterocycles.